The van der Waals surface area contributed by atoms with E-state index in [-0.39, 0.29) is 6.09 Å². The molecule has 4 aromatic rings. The number of hydrogen-bond acceptors (Lipinski definition) is 4. The lowest BCUT2D eigenvalue weighted by atomic mass is 10.2. The lowest BCUT2D eigenvalue weighted by Gasteiger charge is -2.20. The molecule has 5 nitrogen and oxygen atoms in total. The van der Waals surface area contributed by atoms with Crippen molar-refractivity contribution in [2.24, 2.45) is 0 Å². The highest BCUT2D eigenvalue weighted by molar-refractivity contribution is 5.91. The van der Waals surface area contributed by atoms with E-state index in [1.807, 2.05) is 82.3 Å². The fourth-order valence-corrected chi connectivity index (χ4v) is 3.32. The molecule has 5 heteroatoms. The summed E-state index contributed by atoms with van der Waals surface area (Å²) in [5.74, 6) is 0.730. The molecule has 2 heterocycles. The van der Waals surface area contributed by atoms with Crippen molar-refractivity contribution in [3.05, 3.63) is 72.1 Å². The van der Waals surface area contributed by atoms with E-state index in [0.717, 1.165) is 38.9 Å². The minimum Gasteiger partial charge on any atom is -0.487 e. The number of carbonyl (C=O) groups excluding carboxylic acids is 1. The summed E-state index contributed by atoms with van der Waals surface area (Å²) in [6, 6.07) is 19.7. The number of pyridine rings is 1. The van der Waals surface area contributed by atoms with Crippen molar-refractivity contribution >= 4 is 27.9 Å². The third-order valence-corrected chi connectivity index (χ3v) is 4.58. The fourth-order valence-electron chi connectivity index (χ4n) is 3.32. The average molecular weight is 388 g/mol. The maximum absolute atomic E-state index is 12.6. The Kier molecular flexibility index (Phi) is 4.74. The number of ether oxygens (including phenoxy) is 2. The lowest BCUT2D eigenvalue weighted by molar-refractivity contribution is 0.0541. The molecule has 0 aliphatic rings. The molecule has 148 valence electrons. The number of hydrogen-bond donors (Lipinski definition) is 0. The van der Waals surface area contributed by atoms with Crippen LogP contribution in [0.1, 0.15) is 32.2 Å². The molecule has 0 spiro atoms. The van der Waals surface area contributed by atoms with Gasteiger partial charge in [-0.1, -0.05) is 24.3 Å². The second-order valence-corrected chi connectivity index (χ2v) is 8.11. The van der Waals surface area contributed by atoms with Crippen LogP contribution in [0.3, 0.4) is 0 Å². The molecular formula is C24H24N2O3. The number of fused-ring (bicyclic) bond motifs is 2. The van der Waals surface area contributed by atoms with Crippen LogP contribution in [0.5, 0.6) is 5.75 Å². The smallest absolute Gasteiger partial charge is 0.419 e. The van der Waals surface area contributed by atoms with Crippen LogP contribution in [0.15, 0.2) is 60.7 Å². The Morgan fingerprint density at radius 2 is 1.79 bits per heavy atom. The van der Waals surface area contributed by atoms with Crippen molar-refractivity contribution in [2.75, 3.05) is 0 Å². The molecule has 29 heavy (non-hydrogen) atoms. The number of aromatic nitrogens is 2. The zero-order chi connectivity index (χ0) is 20.6. The maximum Gasteiger partial charge on any atom is 0.419 e. The molecule has 0 fully saturated rings. The zero-order valence-electron chi connectivity index (χ0n) is 17.1. The molecule has 0 saturated heterocycles. The molecule has 0 aliphatic heterocycles. The summed E-state index contributed by atoms with van der Waals surface area (Å²) in [7, 11) is 0. The first-order valence-electron chi connectivity index (χ1n) is 9.63. The molecule has 4 rings (SSSR count). The third kappa shape index (κ3) is 4.09. The normalized spacial score (nSPS) is 11.7. The van der Waals surface area contributed by atoms with Gasteiger partial charge in [-0.2, -0.15) is 0 Å². The summed E-state index contributed by atoms with van der Waals surface area (Å²) in [6.45, 7) is 7.85. The second-order valence-electron chi connectivity index (χ2n) is 8.11. The van der Waals surface area contributed by atoms with E-state index in [1.165, 1.54) is 0 Å². The number of rotatable bonds is 3. The van der Waals surface area contributed by atoms with Crippen LogP contribution < -0.4 is 4.74 Å². The van der Waals surface area contributed by atoms with Gasteiger partial charge in [-0.15, -0.1) is 0 Å². The molecular weight excluding hydrogens is 364 g/mol. The summed E-state index contributed by atoms with van der Waals surface area (Å²) in [5.41, 5.74) is 2.90. The largest absolute Gasteiger partial charge is 0.487 e. The van der Waals surface area contributed by atoms with E-state index in [1.54, 1.807) is 4.57 Å². The first kappa shape index (κ1) is 19.0. The second kappa shape index (κ2) is 7.24. The summed E-state index contributed by atoms with van der Waals surface area (Å²) in [5, 5.41) is 2.04. The Hall–Kier alpha value is -3.34. The van der Waals surface area contributed by atoms with Crippen LogP contribution in [-0.2, 0) is 11.3 Å². The SMILES string of the molecule is Cc1cc2cc(OCc3ccc4ccccc4n3)ccc2n1C(=O)OC(C)(C)C. The van der Waals surface area contributed by atoms with Gasteiger partial charge in [-0.25, -0.2) is 14.3 Å². The molecule has 2 aromatic heterocycles. The van der Waals surface area contributed by atoms with Crippen LogP contribution in [0, 0.1) is 6.92 Å². The van der Waals surface area contributed by atoms with Gasteiger partial charge in [0.1, 0.15) is 18.0 Å². The number of nitrogens with zero attached hydrogens (tertiary/aromatic N) is 2. The van der Waals surface area contributed by atoms with Crippen LogP contribution >= 0.6 is 0 Å². The molecule has 0 amide bonds. The Labute approximate surface area is 169 Å². The molecule has 0 radical (unpaired) electrons. The van der Waals surface area contributed by atoms with Crippen LogP contribution in [0.2, 0.25) is 0 Å². The summed E-state index contributed by atoms with van der Waals surface area (Å²) < 4.78 is 13.1. The van der Waals surface area contributed by atoms with Crippen molar-refractivity contribution in [3.8, 4) is 5.75 Å². The van der Waals surface area contributed by atoms with Gasteiger partial charge in [0.2, 0.25) is 0 Å². The Morgan fingerprint density at radius 1 is 1.00 bits per heavy atom. The predicted octanol–water partition coefficient (Wildman–Crippen LogP) is 5.86. The van der Waals surface area contributed by atoms with E-state index >= 15 is 0 Å². The molecule has 0 bridgehead atoms. The Morgan fingerprint density at radius 3 is 2.59 bits per heavy atom. The van der Waals surface area contributed by atoms with E-state index in [9.17, 15) is 4.79 Å². The van der Waals surface area contributed by atoms with E-state index in [0.29, 0.717) is 6.61 Å². The minimum absolute atomic E-state index is 0.376. The van der Waals surface area contributed by atoms with E-state index in [4.69, 9.17) is 9.47 Å². The summed E-state index contributed by atoms with van der Waals surface area (Å²) >= 11 is 0. The van der Waals surface area contributed by atoms with Crippen LogP contribution in [0.25, 0.3) is 21.8 Å². The summed E-state index contributed by atoms with van der Waals surface area (Å²) in [6.07, 6.45) is -0.376. The van der Waals surface area contributed by atoms with Gasteiger partial charge in [0.15, 0.2) is 0 Å². The van der Waals surface area contributed by atoms with Gasteiger partial charge >= 0.3 is 6.09 Å². The topological polar surface area (TPSA) is 53.4 Å². The highest BCUT2D eigenvalue weighted by Crippen LogP contribution is 2.26. The van der Waals surface area contributed by atoms with Gasteiger partial charge in [0, 0.05) is 16.5 Å². The zero-order valence-corrected chi connectivity index (χ0v) is 17.1. The maximum atomic E-state index is 12.6. The van der Waals surface area contributed by atoms with Gasteiger partial charge in [-0.3, -0.25) is 0 Å². The third-order valence-electron chi connectivity index (χ3n) is 4.58. The van der Waals surface area contributed by atoms with E-state index in [2.05, 4.69) is 11.1 Å². The van der Waals surface area contributed by atoms with Gasteiger partial charge in [-0.05, 0) is 64.1 Å². The first-order chi connectivity index (χ1) is 13.8. The van der Waals surface area contributed by atoms with E-state index < -0.39 is 5.60 Å². The average Bonchev–Trinajstić information content (AvgIpc) is 3.00. The van der Waals surface area contributed by atoms with Crippen molar-refractivity contribution in [1.82, 2.24) is 9.55 Å². The quantitative estimate of drug-likeness (QED) is 0.441. The standard InChI is InChI=1S/C24H24N2O3/c1-16-13-18-14-20(11-12-22(18)26(16)23(27)29-24(2,3)4)28-15-19-10-9-17-7-5-6-8-21(17)25-19/h5-14H,15H2,1-4H3. The highest BCUT2D eigenvalue weighted by atomic mass is 16.6. The monoisotopic (exact) mass is 388 g/mol. The van der Waals surface area contributed by atoms with Crippen molar-refractivity contribution in [3.63, 3.8) is 0 Å². The molecule has 0 N–H and O–H groups in total. The van der Waals surface area contributed by atoms with Crippen molar-refractivity contribution < 1.29 is 14.3 Å². The van der Waals surface area contributed by atoms with Crippen LogP contribution in [0.4, 0.5) is 4.79 Å². The van der Waals surface area contributed by atoms with Crippen molar-refractivity contribution in [1.29, 1.82) is 0 Å². The fraction of sp³-hybridized carbons (Fsp3) is 0.250. The molecule has 0 saturated carbocycles. The lowest BCUT2D eigenvalue weighted by Crippen LogP contribution is -2.27. The summed E-state index contributed by atoms with van der Waals surface area (Å²) in [4.78, 5) is 17.2. The Bertz CT molecular complexity index is 1200. The molecule has 0 aliphatic carbocycles. The number of benzene rings is 2. The van der Waals surface area contributed by atoms with Crippen molar-refractivity contribution in [2.45, 2.75) is 39.9 Å². The van der Waals surface area contributed by atoms with Gasteiger partial charge in [0.05, 0.1) is 16.7 Å². The Balaban J connectivity index is 1.55. The predicted molar refractivity (Wildman–Crippen MR) is 114 cm³/mol. The molecule has 0 atom stereocenters. The van der Waals surface area contributed by atoms with Crippen LogP contribution in [-0.4, -0.2) is 21.2 Å². The number of carbonyl (C=O) groups is 1. The minimum atomic E-state index is -0.546. The number of aryl methyl sites for hydroxylation is 1. The van der Waals surface area contributed by atoms with Gasteiger partial charge in [0.25, 0.3) is 0 Å². The van der Waals surface area contributed by atoms with Gasteiger partial charge < -0.3 is 9.47 Å². The molecule has 0 unspecified atom stereocenters. The first-order valence-corrected chi connectivity index (χ1v) is 9.63. The molecule has 2 aromatic carbocycles. The highest BCUT2D eigenvalue weighted by Gasteiger charge is 2.21. The number of para-hydroxylation sites is 1.